The third-order valence-electron chi connectivity index (χ3n) is 6.18. The van der Waals surface area contributed by atoms with Crippen molar-refractivity contribution < 1.29 is 27.2 Å². The number of ether oxygens (including phenoxy) is 1. The van der Waals surface area contributed by atoms with Gasteiger partial charge in [0.25, 0.3) is 0 Å². The first-order valence-corrected chi connectivity index (χ1v) is 13.4. The van der Waals surface area contributed by atoms with Crippen LogP contribution in [0.4, 0.5) is 16.4 Å². The van der Waals surface area contributed by atoms with Gasteiger partial charge in [0.1, 0.15) is 23.6 Å². The number of rotatable bonds is 8. The average molecular weight is 520 g/mol. The molecular formula is C24H33N5O6S. The van der Waals surface area contributed by atoms with Crippen molar-refractivity contribution in [2.24, 2.45) is 5.92 Å². The van der Waals surface area contributed by atoms with Crippen LogP contribution >= 0.6 is 0 Å². The summed E-state index contributed by atoms with van der Waals surface area (Å²) >= 11 is 0. The second-order valence-electron chi connectivity index (χ2n) is 10.2. The Morgan fingerprint density at radius 2 is 1.86 bits per heavy atom. The monoisotopic (exact) mass is 519 g/mol. The van der Waals surface area contributed by atoms with E-state index in [9.17, 15) is 18.3 Å². The molecule has 1 heterocycles. The van der Waals surface area contributed by atoms with Gasteiger partial charge in [-0.2, -0.15) is 13.1 Å². The van der Waals surface area contributed by atoms with E-state index in [0.29, 0.717) is 24.5 Å². The highest BCUT2D eigenvalue weighted by atomic mass is 32.2. The van der Waals surface area contributed by atoms with E-state index in [1.165, 1.54) is 17.5 Å². The minimum Gasteiger partial charge on any atom is -0.443 e. The molecule has 2 aromatic rings. The average Bonchev–Trinajstić information content (AvgIpc) is 3.34. The quantitative estimate of drug-likeness (QED) is 0.410. The second-order valence-corrected chi connectivity index (χ2v) is 11.6. The first kappa shape index (κ1) is 26.1. The van der Waals surface area contributed by atoms with Crippen molar-refractivity contribution in [3.8, 4) is 0 Å². The zero-order valence-corrected chi connectivity index (χ0v) is 21.4. The lowest BCUT2D eigenvalue weighted by Crippen LogP contribution is -2.38. The first-order chi connectivity index (χ1) is 17.0. The Hall–Kier alpha value is -2.96. The minimum atomic E-state index is -4.36. The van der Waals surface area contributed by atoms with Crippen molar-refractivity contribution >= 4 is 28.0 Å². The fourth-order valence-corrected chi connectivity index (χ4v) is 5.28. The highest BCUT2D eigenvalue weighted by molar-refractivity contribution is 7.85. The van der Waals surface area contributed by atoms with Gasteiger partial charge in [0.15, 0.2) is 0 Å². The third kappa shape index (κ3) is 7.05. The molecular weight excluding hydrogens is 486 g/mol. The van der Waals surface area contributed by atoms with Gasteiger partial charge in [0.2, 0.25) is 0 Å². The number of aliphatic hydroxyl groups excluding tert-OH is 1. The predicted molar refractivity (Wildman–Crippen MR) is 134 cm³/mol. The maximum atomic E-state index is 12.1. The van der Waals surface area contributed by atoms with Crippen molar-refractivity contribution in [3.63, 3.8) is 0 Å². The highest BCUT2D eigenvalue weighted by Gasteiger charge is 2.35. The number of benzene rings is 1. The molecule has 11 nitrogen and oxygen atoms in total. The van der Waals surface area contributed by atoms with Crippen LogP contribution in [-0.2, 0) is 25.6 Å². The lowest BCUT2D eigenvalue weighted by Gasteiger charge is -2.20. The van der Waals surface area contributed by atoms with Gasteiger partial charge in [0, 0.05) is 18.0 Å². The largest absolute Gasteiger partial charge is 0.443 e. The molecule has 2 aliphatic carbocycles. The van der Waals surface area contributed by atoms with Gasteiger partial charge in [-0.3, -0.25) is 4.18 Å². The number of hydrogen-bond donors (Lipinski definition) is 4. The van der Waals surface area contributed by atoms with Crippen LogP contribution < -0.4 is 15.4 Å². The molecule has 4 rings (SSSR count). The molecule has 1 aromatic heterocycles. The molecule has 4 N–H and O–H groups in total. The number of fused-ring (bicyclic) bond motifs is 1. The van der Waals surface area contributed by atoms with Gasteiger partial charge in [-0.15, -0.1) is 0 Å². The Balaban J connectivity index is 1.28. The van der Waals surface area contributed by atoms with Gasteiger partial charge in [0.05, 0.1) is 18.8 Å². The standard InChI is InChI=1S/C24H33N5O6S/c1-24(2,3)35-23(31)29-36(32,33)34-13-16-10-17(11-20(16)30)27-21-12-22(26-14-25-21)28-19-9-8-15-6-4-5-7-18(15)19/h4-7,12,14,16-17,19-20,30H,8-11,13H2,1-3H3,(H,29,31)(H2,25,26,27,28)/t16-,17-,19+,20+/m1/s1. The molecule has 0 spiro atoms. The molecule has 0 unspecified atom stereocenters. The van der Waals surface area contributed by atoms with E-state index in [4.69, 9.17) is 8.92 Å². The summed E-state index contributed by atoms with van der Waals surface area (Å²) in [6.07, 6.45) is 2.47. The molecule has 1 fully saturated rings. The lowest BCUT2D eigenvalue weighted by molar-refractivity contribution is 0.0559. The van der Waals surface area contributed by atoms with Crippen LogP contribution in [0.5, 0.6) is 0 Å². The zero-order valence-electron chi connectivity index (χ0n) is 20.6. The van der Waals surface area contributed by atoms with E-state index < -0.39 is 34.0 Å². The predicted octanol–water partition coefficient (Wildman–Crippen LogP) is 2.91. The summed E-state index contributed by atoms with van der Waals surface area (Å²) in [4.78, 5) is 20.3. The van der Waals surface area contributed by atoms with E-state index in [-0.39, 0.29) is 18.7 Å². The van der Waals surface area contributed by atoms with E-state index >= 15 is 0 Å². The topological polar surface area (TPSA) is 152 Å². The number of nitrogens with one attached hydrogen (secondary N) is 3. The van der Waals surface area contributed by atoms with Crippen molar-refractivity contribution in [3.05, 3.63) is 47.8 Å². The number of aliphatic hydroxyl groups is 1. The van der Waals surface area contributed by atoms with Crippen molar-refractivity contribution in [1.29, 1.82) is 0 Å². The number of aromatic nitrogens is 2. The molecule has 2 aliphatic rings. The smallest absolute Gasteiger partial charge is 0.423 e. The zero-order chi connectivity index (χ0) is 25.9. The van der Waals surface area contributed by atoms with E-state index in [1.54, 1.807) is 25.5 Å². The Labute approximate surface area is 211 Å². The molecule has 1 saturated carbocycles. The van der Waals surface area contributed by atoms with Crippen LogP contribution in [0, 0.1) is 5.92 Å². The van der Waals surface area contributed by atoms with Gasteiger partial charge in [-0.05, 0) is 57.6 Å². The summed E-state index contributed by atoms with van der Waals surface area (Å²) in [6, 6.07) is 10.2. The summed E-state index contributed by atoms with van der Waals surface area (Å²) in [5.74, 6) is 0.871. The normalized spacial score (nSPS) is 23.7. The van der Waals surface area contributed by atoms with Crippen LogP contribution in [0.2, 0.25) is 0 Å². The van der Waals surface area contributed by atoms with Gasteiger partial charge < -0.3 is 20.5 Å². The lowest BCUT2D eigenvalue weighted by atomic mass is 10.1. The molecule has 36 heavy (non-hydrogen) atoms. The Kier molecular flexibility index (Phi) is 7.67. The van der Waals surface area contributed by atoms with Crippen molar-refractivity contribution in [2.75, 3.05) is 17.2 Å². The molecule has 0 radical (unpaired) electrons. The summed E-state index contributed by atoms with van der Waals surface area (Å²) in [6.45, 7) is 4.58. The summed E-state index contributed by atoms with van der Waals surface area (Å²) in [5, 5.41) is 17.2. The maximum Gasteiger partial charge on any atom is 0.423 e. The molecule has 0 bridgehead atoms. The Morgan fingerprint density at radius 3 is 2.61 bits per heavy atom. The van der Waals surface area contributed by atoms with Crippen LogP contribution in [0.1, 0.15) is 57.2 Å². The van der Waals surface area contributed by atoms with Crippen LogP contribution in [0.15, 0.2) is 36.7 Å². The van der Waals surface area contributed by atoms with Crippen molar-refractivity contribution in [2.45, 2.75) is 70.2 Å². The van der Waals surface area contributed by atoms with Gasteiger partial charge >= 0.3 is 16.4 Å². The summed E-state index contributed by atoms with van der Waals surface area (Å²) < 4.78 is 35.7. The number of carbonyl (C=O) groups is 1. The van der Waals surface area contributed by atoms with E-state index in [1.807, 2.05) is 12.1 Å². The minimum absolute atomic E-state index is 0.134. The molecule has 0 aliphatic heterocycles. The highest BCUT2D eigenvalue weighted by Crippen LogP contribution is 2.34. The molecule has 196 valence electrons. The van der Waals surface area contributed by atoms with Gasteiger partial charge in [-0.25, -0.2) is 14.8 Å². The number of anilines is 2. The van der Waals surface area contributed by atoms with E-state index in [0.717, 1.165) is 12.8 Å². The molecule has 12 heteroatoms. The summed E-state index contributed by atoms with van der Waals surface area (Å²) in [5.41, 5.74) is 1.78. The van der Waals surface area contributed by atoms with Gasteiger partial charge in [-0.1, -0.05) is 24.3 Å². The molecule has 0 saturated heterocycles. The second kappa shape index (κ2) is 10.6. The number of amides is 1. The fraction of sp³-hybridized carbons (Fsp3) is 0.542. The molecule has 1 amide bonds. The SMILES string of the molecule is CC(C)(C)OC(=O)NS(=O)(=O)OC[C@H]1C[C@@H](Nc2cc(N[C@H]3CCc4ccccc43)ncn2)C[C@@H]1O. The number of carbonyl (C=O) groups excluding carboxylic acids is 1. The summed E-state index contributed by atoms with van der Waals surface area (Å²) in [7, 11) is -4.36. The molecule has 1 aromatic carbocycles. The van der Waals surface area contributed by atoms with Crippen molar-refractivity contribution in [1.82, 2.24) is 14.7 Å². The van der Waals surface area contributed by atoms with Crippen LogP contribution in [0.25, 0.3) is 0 Å². The Morgan fingerprint density at radius 1 is 1.14 bits per heavy atom. The fourth-order valence-electron chi connectivity index (χ4n) is 4.62. The number of hydrogen-bond acceptors (Lipinski definition) is 10. The number of nitrogens with zero attached hydrogens (tertiary/aromatic N) is 2. The van der Waals surface area contributed by atoms with E-state index in [2.05, 4.69) is 38.8 Å². The Bertz CT molecular complexity index is 1190. The number of aryl methyl sites for hydroxylation is 1. The van der Waals surface area contributed by atoms with Crippen LogP contribution in [-0.4, -0.2) is 53.9 Å². The third-order valence-corrected chi connectivity index (χ3v) is 7.04. The maximum absolute atomic E-state index is 12.1. The molecule has 4 atom stereocenters. The van der Waals surface area contributed by atoms with Crippen LogP contribution in [0.3, 0.4) is 0 Å². The first-order valence-electron chi connectivity index (χ1n) is 12.0.